The van der Waals surface area contributed by atoms with Gasteiger partial charge in [-0.1, -0.05) is 102 Å². The molecule has 0 aliphatic heterocycles. The van der Waals surface area contributed by atoms with Gasteiger partial charge in [-0.2, -0.15) is 13.2 Å². The van der Waals surface area contributed by atoms with Gasteiger partial charge >= 0.3 is 6.18 Å². The minimum atomic E-state index is -4.12. The fraction of sp³-hybridized carbons (Fsp3) is 0.800. The van der Waals surface area contributed by atoms with Crippen molar-refractivity contribution in [2.75, 3.05) is 0 Å². The second-order valence-electron chi connectivity index (χ2n) is 11.2. The van der Waals surface area contributed by atoms with E-state index in [1.165, 1.54) is 115 Å². The van der Waals surface area contributed by atoms with Crippen LogP contribution in [0.2, 0.25) is 0 Å². The highest BCUT2D eigenvalue weighted by molar-refractivity contribution is 5.26. The Morgan fingerprint density at radius 2 is 1.18 bits per heavy atom. The molecule has 0 radical (unpaired) electrons. The molecule has 0 amide bonds. The molecular formula is C30H47F3. The molecule has 0 unspecified atom stereocenters. The Bertz CT molecular complexity index is 632. The third kappa shape index (κ3) is 9.65. The molecule has 33 heavy (non-hydrogen) atoms. The van der Waals surface area contributed by atoms with E-state index in [4.69, 9.17) is 0 Å². The second kappa shape index (κ2) is 13.8. The van der Waals surface area contributed by atoms with Crippen molar-refractivity contribution in [2.45, 2.75) is 135 Å². The lowest BCUT2D eigenvalue weighted by Crippen LogP contribution is -2.25. The van der Waals surface area contributed by atoms with Crippen molar-refractivity contribution in [1.82, 2.24) is 0 Å². The summed E-state index contributed by atoms with van der Waals surface area (Å²) in [5, 5.41) is 0. The van der Waals surface area contributed by atoms with Gasteiger partial charge in [0.25, 0.3) is 0 Å². The summed E-state index contributed by atoms with van der Waals surface area (Å²) in [5.74, 6) is 3.33. The normalized spacial score (nSPS) is 26.4. The lowest BCUT2D eigenvalue weighted by molar-refractivity contribution is -0.127. The summed E-state index contributed by atoms with van der Waals surface area (Å²) in [5.41, 5.74) is 1.62. The molecule has 0 N–H and O–H groups in total. The average Bonchev–Trinajstić information content (AvgIpc) is 2.81. The van der Waals surface area contributed by atoms with Crippen LogP contribution in [0.25, 0.3) is 0 Å². The topological polar surface area (TPSA) is 0 Å². The van der Waals surface area contributed by atoms with Crippen molar-refractivity contribution in [3.63, 3.8) is 0 Å². The summed E-state index contributed by atoms with van der Waals surface area (Å²) in [6, 6.07) is 7.26. The first-order chi connectivity index (χ1) is 15.9. The van der Waals surface area contributed by atoms with Crippen LogP contribution in [-0.4, -0.2) is 6.18 Å². The van der Waals surface area contributed by atoms with Crippen LogP contribution in [0.15, 0.2) is 24.3 Å². The number of hydrogen-bond donors (Lipinski definition) is 0. The third-order valence-electron chi connectivity index (χ3n) is 8.65. The van der Waals surface area contributed by atoms with Gasteiger partial charge in [-0.05, 0) is 73.3 Å². The van der Waals surface area contributed by atoms with E-state index in [0.717, 1.165) is 17.8 Å². The van der Waals surface area contributed by atoms with Crippen LogP contribution in [0.5, 0.6) is 0 Å². The molecule has 0 aromatic heterocycles. The zero-order valence-corrected chi connectivity index (χ0v) is 21.0. The van der Waals surface area contributed by atoms with Gasteiger partial charge in [0.1, 0.15) is 0 Å². The van der Waals surface area contributed by atoms with E-state index >= 15 is 0 Å². The molecule has 0 heterocycles. The molecule has 0 atom stereocenters. The van der Waals surface area contributed by atoms with Crippen molar-refractivity contribution < 1.29 is 13.2 Å². The van der Waals surface area contributed by atoms with Crippen molar-refractivity contribution in [3.8, 4) is 0 Å². The summed E-state index contributed by atoms with van der Waals surface area (Å²) >= 11 is 0. The van der Waals surface area contributed by atoms with Crippen molar-refractivity contribution in [2.24, 2.45) is 17.8 Å². The zero-order chi connectivity index (χ0) is 23.5. The Hall–Kier alpha value is -0.990. The Morgan fingerprint density at radius 1 is 0.667 bits per heavy atom. The Labute approximate surface area is 201 Å². The summed E-state index contributed by atoms with van der Waals surface area (Å²) in [6.45, 7) is 2.28. The SMILES string of the molecule is CCCCCCCCCC[C@H]1CC[C@H]([C@H]2CC[C@H](c3ccc(CC(F)(F)F)cc3)CC2)CC1. The summed E-state index contributed by atoms with van der Waals surface area (Å²) in [7, 11) is 0. The van der Waals surface area contributed by atoms with E-state index in [9.17, 15) is 13.2 Å². The molecule has 2 saturated carbocycles. The minimum absolute atomic E-state index is 0.378. The predicted octanol–water partition coefficient (Wildman–Crippen LogP) is 10.4. The monoisotopic (exact) mass is 464 g/mol. The third-order valence-corrected chi connectivity index (χ3v) is 8.65. The summed E-state index contributed by atoms with van der Waals surface area (Å²) in [6.07, 6.45) is 18.7. The van der Waals surface area contributed by atoms with Crippen LogP contribution in [0, 0.1) is 17.8 Å². The standard InChI is InChI=1S/C30H47F3/c1-2-3-4-5-6-7-8-9-10-24-11-15-26(16-12-24)28-19-21-29(22-20-28)27-17-13-25(14-18-27)23-30(31,32)33/h13-14,17-18,24,26,28-29H,2-12,15-16,19-23H2,1H3/t24-,26-,28-,29-. The lowest BCUT2D eigenvalue weighted by Gasteiger charge is -2.38. The molecular weight excluding hydrogens is 417 g/mol. The van der Waals surface area contributed by atoms with Crippen LogP contribution in [0.3, 0.4) is 0 Å². The van der Waals surface area contributed by atoms with Gasteiger partial charge in [0.2, 0.25) is 0 Å². The van der Waals surface area contributed by atoms with E-state index in [1.807, 2.05) is 12.1 Å². The Morgan fingerprint density at radius 3 is 1.73 bits per heavy atom. The fourth-order valence-corrected chi connectivity index (χ4v) is 6.58. The zero-order valence-electron chi connectivity index (χ0n) is 21.0. The molecule has 3 heteroatoms. The van der Waals surface area contributed by atoms with Crippen LogP contribution in [-0.2, 0) is 6.42 Å². The van der Waals surface area contributed by atoms with E-state index in [-0.39, 0.29) is 0 Å². The van der Waals surface area contributed by atoms with Gasteiger partial charge in [-0.25, -0.2) is 0 Å². The molecule has 188 valence electrons. The molecule has 0 saturated heterocycles. The number of halogens is 3. The number of alkyl halides is 3. The minimum Gasteiger partial charge on any atom is -0.171 e. The molecule has 0 nitrogen and oxygen atoms in total. The fourth-order valence-electron chi connectivity index (χ4n) is 6.58. The molecule has 3 rings (SSSR count). The first kappa shape index (κ1) is 26.6. The van der Waals surface area contributed by atoms with Crippen molar-refractivity contribution in [1.29, 1.82) is 0 Å². The molecule has 2 aliphatic carbocycles. The van der Waals surface area contributed by atoms with Crippen LogP contribution in [0.1, 0.15) is 133 Å². The smallest absolute Gasteiger partial charge is 0.171 e. The molecule has 2 fully saturated rings. The van der Waals surface area contributed by atoms with Gasteiger partial charge in [0, 0.05) is 0 Å². The quantitative estimate of drug-likeness (QED) is 0.270. The lowest BCUT2D eigenvalue weighted by atomic mass is 9.68. The van der Waals surface area contributed by atoms with Crippen LogP contribution in [0.4, 0.5) is 13.2 Å². The highest BCUT2D eigenvalue weighted by Gasteiger charge is 2.31. The average molecular weight is 465 g/mol. The summed E-state index contributed by atoms with van der Waals surface area (Å²) in [4.78, 5) is 0. The van der Waals surface area contributed by atoms with Crippen molar-refractivity contribution in [3.05, 3.63) is 35.4 Å². The highest BCUT2D eigenvalue weighted by Crippen LogP contribution is 2.44. The molecule has 1 aromatic carbocycles. The number of unbranched alkanes of at least 4 members (excludes halogenated alkanes) is 7. The van der Waals surface area contributed by atoms with E-state index in [1.54, 1.807) is 12.1 Å². The summed E-state index contributed by atoms with van der Waals surface area (Å²) < 4.78 is 37.7. The molecule has 0 spiro atoms. The Kier molecular flexibility index (Phi) is 11.1. The van der Waals surface area contributed by atoms with Gasteiger partial charge in [-0.3, -0.25) is 0 Å². The van der Waals surface area contributed by atoms with Gasteiger partial charge in [0.15, 0.2) is 0 Å². The van der Waals surface area contributed by atoms with E-state index < -0.39 is 12.6 Å². The maximum Gasteiger partial charge on any atom is 0.393 e. The van der Waals surface area contributed by atoms with Crippen LogP contribution >= 0.6 is 0 Å². The largest absolute Gasteiger partial charge is 0.393 e. The number of rotatable bonds is 12. The maximum absolute atomic E-state index is 12.6. The number of hydrogen-bond acceptors (Lipinski definition) is 0. The molecule has 1 aromatic rings. The first-order valence-electron chi connectivity index (χ1n) is 14.1. The van der Waals surface area contributed by atoms with Gasteiger partial charge in [0.05, 0.1) is 6.42 Å². The predicted molar refractivity (Wildman–Crippen MR) is 134 cm³/mol. The Balaban J connectivity index is 1.28. The second-order valence-corrected chi connectivity index (χ2v) is 11.2. The van der Waals surface area contributed by atoms with Gasteiger partial charge < -0.3 is 0 Å². The van der Waals surface area contributed by atoms with Crippen molar-refractivity contribution >= 4 is 0 Å². The molecule has 2 aliphatic rings. The number of benzene rings is 1. The first-order valence-corrected chi connectivity index (χ1v) is 14.1. The van der Waals surface area contributed by atoms with Gasteiger partial charge in [-0.15, -0.1) is 0 Å². The van der Waals surface area contributed by atoms with E-state index in [0.29, 0.717) is 11.5 Å². The van der Waals surface area contributed by atoms with E-state index in [2.05, 4.69) is 6.92 Å². The highest BCUT2D eigenvalue weighted by atomic mass is 19.4. The maximum atomic E-state index is 12.6. The van der Waals surface area contributed by atoms with Crippen LogP contribution < -0.4 is 0 Å². The molecule has 0 bridgehead atoms.